The lowest BCUT2D eigenvalue weighted by molar-refractivity contribution is -0.163. The molecule has 1 fully saturated rings. The predicted molar refractivity (Wildman–Crippen MR) is 93.7 cm³/mol. The van der Waals surface area contributed by atoms with Crippen molar-refractivity contribution in [3.8, 4) is 5.75 Å². The fourth-order valence-electron chi connectivity index (χ4n) is 3.35. The van der Waals surface area contributed by atoms with Crippen molar-refractivity contribution in [3.05, 3.63) is 29.8 Å². The number of methoxy groups -OCH3 is 1. The minimum atomic E-state index is -1.32. The van der Waals surface area contributed by atoms with Crippen LogP contribution < -0.4 is 4.74 Å². The summed E-state index contributed by atoms with van der Waals surface area (Å²) in [6.07, 6.45) is 0.327. The number of piperidine rings is 1. The Hall–Kier alpha value is -2.08. The summed E-state index contributed by atoms with van der Waals surface area (Å²) in [5.41, 5.74) is -0.912. The Balaban J connectivity index is 2.28. The van der Waals surface area contributed by atoms with E-state index in [-0.39, 0.29) is 18.9 Å². The van der Waals surface area contributed by atoms with Gasteiger partial charge in [0.05, 0.1) is 18.8 Å². The Morgan fingerprint density at radius 2 is 2.04 bits per heavy atom. The van der Waals surface area contributed by atoms with Gasteiger partial charge in [-0.1, -0.05) is 26.0 Å². The normalized spacial score (nSPS) is 23.6. The van der Waals surface area contributed by atoms with Crippen molar-refractivity contribution in [1.29, 1.82) is 0 Å². The molecule has 1 aliphatic rings. The Kier molecular flexibility index (Phi) is 6.06. The van der Waals surface area contributed by atoms with Gasteiger partial charge in [0.25, 0.3) is 5.91 Å². The SMILES string of the molecule is COc1ccccc1C(=O)N1CC[C@@H](O)[C@](CCC(C)C)(C(=O)O)C1. The molecule has 0 unspecified atom stereocenters. The number of ether oxygens (including phenoxy) is 1. The number of rotatable bonds is 6. The molecule has 2 N–H and O–H groups in total. The smallest absolute Gasteiger partial charge is 0.314 e. The van der Waals surface area contributed by atoms with Crippen molar-refractivity contribution in [2.24, 2.45) is 11.3 Å². The molecule has 1 heterocycles. The molecule has 1 aromatic carbocycles. The first-order valence-electron chi connectivity index (χ1n) is 8.65. The number of carboxylic acids is 1. The number of nitrogens with zero attached hydrogens (tertiary/aromatic N) is 1. The lowest BCUT2D eigenvalue weighted by Crippen LogP contribution is -2.57. The van der Waals surface area contributed by atoms with Gasteiger partial charge in [0.15, 0.2) is 0 Å². The summed E-state index contributed by atoms with van der Waals surface area (Å²) in [4.78, 5) is 26.4. The third-order valence-corrected chi connectivity index (χ3v) is 5.00. The van der Waals surface area contributed by atoms with Crippen molar-refractivity contribution in [3.63, 3.8) is 0 Å². The van der Waals surface area contributed by atoms with Gasteiger partial charge in [0.2, 0.25) is 0 Å². The molecule has 6 nitrogen and oxygen atoms in total. The van der Waals surface area contributed by atoms with Crippen LogP contribution >= 0.6 is 0 Å². The van der Waals surface area contributed by atoms with Crippen molar-refractivity contribution < 1.29 is 24.5 Å². The van der Waals surface area contributed by atoms with Crippen LogP contribution in [0, 0.1) is 11.3 Å². The van der Waals surface area contributed by atoms with Crippen LogP contribution in [0.25, 0.3) is 0 Å². The van der Waals surface area contributed by atoms with E-state index in [0.29, 0.717) is 36.6 Å². The first-order valence-corrected chi connectivity index (χ1v) is 8.65. The fraction of sp³-hybridized carbons (Fsp3) is 0.579. The van der Waals surface area contributed by atoms with E-state index in [9.17, 15) is 19.8 Å². The number of carbonyl (C=O) groups is 2. The average Bonchev–Trinajstić information content (AvgIpc) is 2.60. The number of carbonyl (C=O) groups excluding carboxylic acids is 1. The van der Waals surface area contributed by atoms with E-state index in [1.165, 1.54) is 12.0 Å². The van der Waals surface area contributed by atoms with E-state index in [1.807, 2.05) is 13.8 Å². The summed E-state index contributed by atoms with van der Waals surface area (Å²) < 4.78 is 5.24. The summed E-state index contributed by atoms with van der Waals surface area (Å²) in [6.45, 7) is 4.37. The van der Waals surface area contributed by atoms with Crippen molar-refractivity contribution in [1.82, 2.24) is 4.90 Å². The number of benzene rings is 1. The highest BCUT2D eigenvalue weighted by atomic mass is 16.5. The molecule has 2 rings (SSSR count). The molecule has 0 radical (unpaired) electrons. The van der Waals surface area contributed by atoms with Crippen LogP contribution in [0.1, 0.15) is 43.5 Å². The monoisotopic (exact) mass is 349 g/mol. The standard InChI is InChI=1S/C19H27NO5/c1-13(2)8-10-19(18(23)24)12-20(11-9-16(19)21)17(22)14-6-4-5-7-15(14)25-3/h4-7,13,16,21H,8-12H2,1-3H3,(H,23,24)/t16-,19-/m1/s1. The Morgan fingerprint density at radius 1 is 1.36 bits per heavy atom. The maximum atomic E-state index is 12.9. The largest absolute Gasteiger partial charge is 0.496 e. The summed E-state index contributed by atoms with van der Waals surface area (Å²) in [7, 11) is 1.50. The maximum absolute atomic E-state index is 12.9. The number of amides is 1. The van der Waals surface area contributed by atoms with Crippen LogP contribution in [0.4, 0.5) is 0 Å². The van der Waals surface area contributed by atoms with Gasteiger partial charge in [-0.15, -0.1) is 0 Å². The molecule has 0 aliphatic carbocycles. The molecule has 0 spiro atoms. The van der Waals surface area contributed by atoms with Crippen molar-refractivity contribution >= 4 is 11.9 Å². The number of carboxylic acid groups (broad SMARTS) is 1. The number of aliphatic hydroxyl groups is 1. The minimum Gasteiger partial charge on any atom is -0.496 e. The molecule has 0 bridgehead atoms. The van der Waals surface area contributed by atoms with Gasteiger partial charge in [-0.25, -0.2) is 0 Å². The minimum absolute atomic E-state index is 0.00705. The van der Waals surface area contributed by atoms with Crippen LogP contribution in [-0.4, -0.2) is 53.3 Å². The van der Waals surface area contributed by atoms with Crippen LogP contribution in [0.15, 0.2) is 24.3 Å². The van der Waals surface area contributed by atoms with Gasteiger partial charge in [0.1, 0.15) is 11.2 Å². The Labute approximate surface area is 148 Å². The third-order valence-electron chi connectivity index (χ3n) is 5.00. The first kappa shape index (κ1) is 19.2. The molecule has 25 heavy (non-hydrogen) atoms. The number of aliphatic carboxylic acids is 1. The summed E-state index contributed by atoms with van der Waals surface area (Å²) in [5, 5.41) is 20.3. The molecule has 1 aromatic rings. The Morgan fingerprint density at radius 3 is 2.64 bits per heavy atom. The molecular formula is C19H27NO5. The summed E-state index contributed by atoms with van der Waals surface area (Å²) in [6, 6.07) is 6.90. The molecule has 0 aromatic heterocycles. The molecule has 1 saturated heterocycles. The molecule has 6 heteroatoms. The van der Waals surface area contributed by atoms with E-state index in [1.54, 1.807) is 24.3 Å². The van der Waals surface area contributed by atoms with Gasteiger partial charge >= 0.3 is 5.97 Å². The first-order chi connectivity index (χ1) is 11.8. The van der Waals surface area contributed by atoms with Crippen molar-refractivity contribution in [2.45, 2.75) is 39.2 Å². The Bertz CT molecular complexity index is 630. The molecule has 1 aliphatic heterocycles. The zero-order chi connectivity index (χ0) is 18.6. The van der Waals surface area contributed by atoms with Gasteiger partial charge < -0.3 is 19.8 Å². The van der Waals surface area contributed by atoms with E-state index in [2.05, 4.69) is 0 Å². The quantitative estimate of drug-likeness (QED) is 0.823. The van der Waals surface area contributed by atoms with Gasteiger partial charge in [-0.05, 0) is 37.3 Å². The third kappa shape index (κ3) is 3.95. The van der Waals surface area contributed by atoms with Crippen LogP contribution in [-0.2, 0) is 4.79 Å². The van der Waals surface area contributed by atoms with Gasteiger partial charge in [0, 0.05) is 13.1 Å². The van der Waals surface area contributed by atoms with Gasteiger partial charge in [-0.3, -0.25) is 9.59 Å². The zero-order valence-electron chi connectivity index (χ0n) is 15.1. The topological polar surface area (TPSA) is 87.1 Å². The molecule has 1 amide bonds. The zero-order valence-corrected chi connectivity index (χ0v) is 15.1. The summed E-state index contributed by atoms with van der Waals surface area (Å²) >= 11 is 0. The number of hydrogen-bond acceptors (Lipinski definition) is 4. The van der Waals surface area contributed by atoms with Crippen LogP contribution in [0.3, 0.4) is 0 Å². The van der Waals surface area contributed by atoms with Crippen LogP contribution in [0.2, 0.25) is 0 Å². The highest BCUT2D eigenvalue weighted by molar-refractivity contribution is 5.97. The number of para-hydroxylation sites is 1. The lowest BCUT2D eigenvalue weighted by Gasteiger charge is -2.43. The van der Waals surface area contributed by atoms with E-state index in [4.69, 9.17) is 4.74 Å². The second-order valence-electron chi connectivity index (χ2n) is 7.13. The van der Waals surface area contributed by atoms with Gasteiger partial charge in [-0.2, -0.15) is 0 Å². The molecular weight excluding hydrogens is 322 g/mol. The molecule has 138 valence electrons. The molecule has 0 saturated carbocycles. The second kappa shape index (κ2) is 7.87. The van der Waals surface area contributed by atoms with E-state index >= 15 is 0 Å². The molecule has 2 atom stereocenters. The highest BCUT2D eigenvalue weighted by Gasteiger charge is 2.50. The highest BCUT2D eigenvalue weighted by Crippen LogP contribution is 2.37. The van der Waals surface area contributed by atoms with Crippen molar-refractivity contribution in [2.75, 3.05) is 20.2 Å². The van der Waals surface area contributed by atoms with Crippen LogP contribution in [0.5, 0.6) is 5.75 Å². The van der Waals surface area contributed by atoms with E-state index < -0.39 is 17.5 Å². The fourth-order valence-corrected chi connectivity index (χ4v) is 3.35. The number of hydrogen-bond donors (Lipinski definition) is 2. The predicted octanol–water partition coefficient (Wildman–Crippen LogP) is 2.41. The number of aliphatic hydroxyl groups excluding tert-OH is 1. The average molecular weight is 349 g/mol. The summed E-state index contributed by atoms with van der Waals surface area (Å²) in [5.74, 6) is -0.525. The second-order valence-corrected chi connectivity index (χ2v) is 7.13. The number of likely N-dealkylation sites (tertiary alicyclic amines) is 1. The maximum Gasteiger partial charge on any atom is 0.314 e. The lowest BCUT2D eigenvalue weighted by atomic mass is 9.72. The van der Waals surface area contributed by atoms with E-state index in [0.717, 1.165) is 0 Å².